The van der Waals surface area contributed by atoms with Crippen molar-refractivity contribution < 1.29 is 14.4 Å². The van der Waals surface area contributed by atoms with Crippen LogP contribution >= 0.6 is 0 Å². The Bertz CT molecular complexity index is 742. The summed E-state index contributed by atoms with van der Waals surface area (Å²) >= 11 is 0. The van der Waals surface area contributed by atoms with Crippen molar-refractivity contribution in [2.75, 3.05) is 0 Å². The van der Waals surface area contributed by atoms with Crippen LogP contribution in [0.1, 0.15) is 23.2 Å². The normalized spacial score (nSPS) is 13.3. The summed E-state index contributed by atoms with van der Waals surface area (Å²) in [6.45, 7) is 0.308. The number of aryl methyl sites for hydroxylation is 1. The predicted molar refractivity (Wildman–Crippen MR) is 78.1 cm³/mol. The van der Waals surface area contributed by atoms with Gasteiger partial charge in [-0.3, -0.25) is 4.79 Å². The van der Waals surface area contributed by atoms with Gasteiger partial charge in [0.1, 0.15) is 5.82 Å². The molecule has 1 aromatic heterocycles. The predicted octanol–water partition coefficient (Wildman–Crippen LogP) is 0.204. The summed E-state index contributed by atoms with van der Waals surface area (Å²) in [6, 6.07) is 7.56. The molecule has 2 aromatic rings. The van der Waals surface area contributed by atoms with Gasteiger partial charge in [-0.05, 0) is 36.5 Å². The van der Waals surface area contributed by atoms with E-state index in [9.17, 15) is 9.18 Å². The van der Waals surface area contributed by atoms with Gasteiger partial charge in [-0.1, -0.05) is 18.2 Å². The minimum Gasteiger partial charge on any atom is -0.423 e. The molecule has 1 heterocycles. The van der Waals surface area contributed by atoms with Gasteiger partial charge in [0.15, 0.2) is 0 Å². The maximum absolute atomic E-state index is 13.5. The number of pyridine rings is 1. The third-order valence-corrected chi connectivity index (χ3v) is 3.93. The fourth-order valence-corrected chi connectivity index (χ4v) is 2.88. The molecule has 2 N–H and O–H groups in total. The van der Waals surface area contributed by atoms with Crippen LogP contribution in [0.25, 0.3) is 0 Å². The molecule has 1 aromatic carbocycles. The molecule has 21 heavy (non-hydrogen) atoms. The van der Waals surface area contributed by atoms with Gasteiger partial charge < -0.3 is 14.6 Å². The molecule has 1 aliphatic rings. The van der Waals surface area contributed by atoms with E-state index in [4.69, 9.17) is 10.0 Å². The third-order valence-electron chi connectivity index (χ3n) is 3.93. The lowest BCUT2D eigenvalue weighted by molar-refractivity contribution is 0.423. The molecule has 0 unspecified atom stereocenters. The maximum atomic E-state index is 13.5. The van der Waals surface area contributed by atoms with Crippen LogP contribution in [0.15, 0.2) is 35.1 Å². The highest BCUT2D eigenvalue weighted by molar-refractivity contribution is 6.58. The summed E-state index contributed by atoms with van der Waals surface area (Å²) < 4.78 is 15.2. The van der Waals surface area contributed by atoms with Crippen LogP contribution in [0.4, 0.5) is 4.39 Å². The number of nitrogens with zero attached hydrogens (tertiary/aromatic N) is 1. The van der Waals surface area contributed by atoms with Crippen LogP contribution in [-0.4, -0.2) is 21.7 Å². The Morgan fingerprint density at radius 1 is 1.19 bits per heavy atom. The van der Waals surface area contributed by atoms with Gasteiger partial charge in [-0.2, -0.15) is 0 Å². The molecular weight excluding hydrogens is 272 g/mol. The highest BCUT2D eigenvalue weighted by Gasteiger charge is 2.19. The zero-order chi connectivity index (χ0) is 15.0. The molecule has 0 spiro atoms. The molecule has 3 rings (SSSR count). The Morgan fingerprint density at radius 2 is 2.00 bits per heavy atom. The van der Waals surface area contributed by atoms with Crippen molar-refractivity contribution in [3.63, 3.8) is 0 Å². The Labute approximate surface area is 121 Å². The van der Waals surface area contributed by atoms with Crippen LogP contribution in [0, 0.1) is 5.82 Å². The number of hydrogen-bond donors (Lipinski definition) is 2. The topological polar surface area (TPSA) is 62.5 Å². The molecule has 0 aliphatic heterocycles. The second-order valence-electron chi connectivity index (χ2n) is 5.31. The maximum Gasteiger partial charge on any atom is 0.491 e. The van der Waals surface area contributed by atoms with Crippen LogP contribution in [0.2, 0.25) is 0 Å². The van der Waals surface area contributed by atoms with Gasteiger partial charge in [-0.25, -0.2) is 4.39 Å². The van der Waals surface area contributed by atoms with Crippen LogP contribution in [0.3, 0.4) is 0 Å². The number of aromatic nitrogens is 1. The lowest BCUT2D eigenvalue weighted by Crippen LogP contribution is -2.33. The molecule has 0 saturated carbocycles. The van der Waals surface area contributed by atoms with Gasteiger partial charge in [0.2, 0.25) is 0 Å². The minimum atomic E-state index is -1.86. The molecule has 0 radical (unpaired) electrons. The van der Waals surface area contributed by atoms with E-state index in [-0.39, 0.29) is 11.0 Å². The van der Waals surface area contributed by atoms with Crippen LogP contribution in [0.5, 0.6) is 0 Å². The standard InChI is InChI=1S/C15H15BFNO3/c17-13-6-4-10(8-12(13)16(20)21)9-18-14-3-1-2-11(14)5-7-15(18)19/h4-8,20-21H,1-3,9H2. The van der Waals surface area contributed by atoms with Crippen LogP contribution < -0.4 is 11.0 Å². The highest BCUT2D eigenvalue weighted by Crippen LogP contribution is 2.20. The summed E-state index contributed by atoms with van der Waals surface area (Å²) in [5.41, 5.74) is 2.61. The van der Waals surface area contributed by atoms with Crippen molar-refractivity contribution in [1.82, 2.24) is 4.57 Å². The molecule has 0 fully saturated rings. The highest BCUT2D eigenvalue weighted by atomic mass is 19.1. The fourth-order valence-electron chi connectivity index (χ4n) is 2.88. The van der Waals surface area contributed by atoms with E-state index in [1.165, 1.54) is 17.7 Å². The zero-order valence-corrected chi connectivity index (χ0v) is 11.4. The van der Waals surface area contributed by atoms with Gasteiger partial charge in [0.05, 0.1) is 6.54 Å². The molecular formula is C15H15BFNO3. The lowest BCUT2D eigenvalue weighted by Gasteiger charge is -2.13. The average molecular weight is 287 g/mol. The van der Waals surface area contributed by atoms with E-state index in [1.54, 1.807) is 16.7 Å². The summed E-state index contributed by atoms with van der Waals surface area (Å²) in [5, 5.41) is 18.3. The molecule has 1 aliphatic carbocycles. The molecule has 0 atom stereocenters. The average Bonchev–Trinajstić information content (AvgIpc) is 2.92. The largest absolute Gasteiger partial charge is 0.491 e. The number of benzene rings is 1. The number of hydrogen-bond acceptors (Lipinski definition) is 3. The first-order valence-electron chi connectivity index (χ1n) is 6.92. The van der Waals surface area contributed by atoms with E-state index in [0.717, 1.165) is 25.0 Å². The van der Waals surface area contributed by atoms with Crippen molar-refractivity contribution >= 4 is 12.6 Å². The van der Waals surface area contributed by atoms with Crippen molar-refractivity contribution in [2.45, 2.75) is 25.8 Å². The Hall–Kier alpha value is -1.92. The minimum absolute atomic E-state index is 0.0916. The third kappa shape index (κ3) is 2.64. The number of halogens is 1. The summed E-state index contributed by atoms with van der Waals surface area (Å²) in [7, 11) is -1.86. The van der Waals surface area contributed by atoms with E-state index in [1.807, 2.05) is 6.07 Å². The number of fused-ring (bicyclic) bond motifs is 1. The monoisotopic (exact) mass is 287 g/mol. The summed E-state index contributed by atoms with van der Waals surface area (Å²) in [6.07, 6.45) is 2.87. The molecule has 0 bridgehead atoms. The molecule has 108 valence electrons. The van der Waals surface area contributed by atoms with E-state index in [0.29, 0.717) is 12.1 Å². The van der Waals surface area contributed by atoms with E-state index in [2.05, 4.69) is 0 Å². The van der Waals surface area contributed by atoms with E-state index < -0.39 is 12.9 Å². The molecule has 0 amide bonds. The zero-order valence-electron chi connectivity index (χ0n) is 11.4. The second kappa shape index (κ2) is 5.46. The fraction of sp³-hybridized carbons (Fsp3) is 0.267. The van der Waals surface area contributed by atoms with Gasteiger partial charge >= 0.3 is 7.12 Å². The first-order valence-corrected chi connectivity index (χ1v) is 6.92. The quantitative estimate of drug-likeness (QED) is 0.793. The second-order valence-corrected chi connectivity index (χ2v) is 5.31. The van der Waals surface area contributed by atoms with E-state index >= 15 is 0 Å². The van der Waals surface area contributed by atoms with Crippen molar-refractivity contribution in [3.05, 3.63) is 63.3 Å². The summed E-state index contributed by atoms with van der Waals surface area (Å²) in [5.74, 6) is -0.667. The molecule has 6 heteroatoms. The SMILES string of the molecule is O=c1ccc2c(n1Cc1ccc(F)c(B(O)O)c1)CCC2. The van der Waals surface area contributed by atoms with Crippen molar-refractivity contribution in [2.24, 2.45) is 0 Å². The Kier molecular flexibility index (Phi) is 3.65. The number of rotatable bonds is 3. The van der Waals surface area contributed by atoms with Gasteiger partial charge in [0.25, 0.3) is 5.56 Å². The van der Waals surface area contributed by atoms with Crippen molar-refractivity contribution in [1.29, 1.82) is 0 Å². The van der Waals surface area contributed by atoms with Gasteiger partial charge in [-0.15, -0.1) is 0 Å². The smallest absolute Gasteiger partial charge is 0.423 e. The molecule has 0 saturated heterocycles. The van der Waals surface area contributed by atoms with Crippen molar-refractivity contribution in [3.8, 4) is 0 Å². The Morgan fingerprint density at radius 3 is 2.76 bits per heavy atom. The molecule has 4 nitrogen and oxygen atoms in total. The lowest BCUT2D eigenvalue weighted by atomic mass is 9.79. The first-order chi connectivity index (χ1) is 10.1. The first kappa shape index (κ1) is 14.0. The Balaban J connectivity index is 2.00. The van der Waals surface area contributed by atoms with Crippen LogP contribution in [-0.2, 0) is 19.4 Å². The van der Waals surface area contributed by atoms with Gasteiger partial charge in [0, 0.05) is 17.2 Å². The summed E-state index contributed by atoms with van der Waals surface area (Å²) in [4.78, 5) is 12.1.